The summed E-state index contributed by atoms with van der Waals surface area (Å²) in [6, 6.07) is 5.95. The van der Waals surface area contributed by atoms with Crippen LogP contribution in [-0.2, 0) is 0 Å². The van der Waals surface area contributed by atoms with Crippen LogP contribution >= 0.6 is 0 Å². The van der Waals surface area contributed by atoms with Crippen molar-refractivity contribution in [3.05, 3.63) is 34.9 Å². The van der Waals surface area contributed by atoms with Crippen molar-refractivity contribution in [3.8, 4) is 0 Å². The fourth-order valence-electron chi connectivity index (χ4n) is 2.48. The molecule has 98 valence electrons. The summed E-state index contributed by atoms with van der Waals surface area (Å²) in [4.78, 5) is 14.3. The third-order valence-corrected chi connectivity index (χ3v) is 4.10. The molecule has 1 fully saturated rings. The molecule has 1 aromatic rings. The van der Waals surface area contributed by atoms with Crippen molar-refractivity contribution in [2.45, 2.75) is 33.2 Å². The van der Waals surface area contributed by atoms with Crippen LogP contribution < -0.4 is 5.73 Å². The van der Waals surface area contributed by atoms with Crippen molar-refractivity contribution >= 4 is 5.91 Å². The zero-order valence-electron chi connectivity index (χ0n) is 11.7. The highest BCUT2D eigenvalue weighted by atomic mass is 16.2. The summed E-state index contributed by atoms with van der Waals surface area (Å²) in [6.45, 7) is 9.52. The molecule has 0 unspecified atom stereocenters. The van der Waals surface area contributed by atoms with E-state index in [4.69, 9.17) is 5.73 Å². The number of nitrogens with zero attached hydrogens (tertiary/aromatic N) is 1. The third kappa shape index (κ3) is 2.03. The molecule has 0 radical (unpaired) electrons. The van der Waals surface area contributed by atoms with Crippen molar-refractivity contribution in [2.24, 2.45) is 11.7 Å². The van der Waals surface area contributed by atoms with E-state index >= 15 is 0 Å². The van der Waals surface area contributed by atoms with E-state index < -0.39 is 0 Å². The molecule has 0 spiro atoms. The summed E-state index contributed by atoms with van der Waals surface area (Å²) in [5.41, 5.74) is 8.95. The Hall–Kier alpha value is -1.35. The second-order valence-corrected chi connectivity index (χ2v) is 5.82. The maximum atomic E-state index is 12.4. The number of hydrogen-bond donors (Lipinski definition) is 1. The predicted octanol–water partition coefficient (Wildman–Crippen LogP) is 2.11. The molecule has 3 nitrogen and oxygen atoms in total. The number of likely N-dealkylation sites (tertiary alicyclic amines) is 1. The Morgan fingerprint density at radius 3 is 2.22 bits per heavy atom. The van der Waals surface area contributed by atoms with Crippen LogP contribution in [0, 0.1) is 19.8 Å². The summed E-state index contributed by atoms with van der Waals surface area (Å²) in [5, 5.41) is 0. The van der Waals surface area contributed by atoms with Gasteiger partial charge in [-0.3, -0.25) is 4.79 Å². The maximum absolute atomic E-state index is 12.4. The zero-order valence-corrected chi connectivity index (χ0v) is 11.7. The molecule has 0 atom stereocenters. The highest BCUT2D eigenvalue weighted by Gasteiger charge is 2.44. The zero-order chi connectivity index (χ0) is 13.5. The topological polar surface area (TPSA) is 46.3 Å². The number of benzene rings is 1. The van der Waals surface area contributed by atoms with E-state index in [-0.39, 0.29) is 11.4 Å². The van der Waals surface area contributed by atoms with Crippen molar-refractivity contribution in [1.29, 1.82) is 0 Å². The van der Waals surface area contributed by atoms with Gasteiger partial charge in [-0.05, 0) is 30.9 Å². The fourth-order valence-corrected chi connectivity index (χ4v) is 2.48. The lowest BCUT2D eigenvalue weighted by atomic mass is 9.79. The van der Waals surface area contributed by atoms with Gasteiger partial charge in [-0.15, -0.1) is 0 Å². The summed E-state index contributed by atoms with van der Waals surface area (Å²) < 4.78 is 0. The van der Waals surface area contributed by atoms with Gasteiger partial charge in [0.2, 0.25) is 0 Å². The van der Waals surface area contributed by atoms with E-state index in [9.17, 15) is 4.79 Å². The average molecular weight is 246 g/mol. The lowest BCUT2D eigenvalue weighted by Crippen LogP contribution is -2.71. The standard InChI is InChI=1S/C15H22N2O/c1-10(2)15(16)8-17(9-15)14(18)13-11(3)6-5-7-12(13)4/h5-7,10H,8-9,16H2,1-4H3. The molecular formula is C15H22N2O. The first-order valence-electron chi connectivity index (χ1n) is 6.49. The number of rotatable bonds is 2. The van der Waals surface area contributed by atoms with Crippen molar-refractivity contribution < 1.29 is 4.79 Å². The number of aryl methyl sites for hydroxylation is 2. The van der Waals surface area contributed by atoms with Crippen LogP contribution in [0.3, 0.4) is 0 Å². The molecule has 18 heavy (non-hydrogen) atoms. The summed E-state index contributed by atoms with van der Waals surface area (Å²) in [5.74, 6) is 0.520. The fraction of sp³-hybridized carbons (Fsp3) is 0.533. The Labute approximate surface area is 109 Å². The number of carbonyl (C=O) groups is 1. The van der Waals surface area contributed by atoms with Gasteiger partial charge in [-0.1, -0.05) is 32.0 Å². The Balaban J connectivity index is 2.16. The van der Waals surface area contributed by atoms with Crippen molar-refractivity contribution in [1.82, 2.24) is 4.90 Å². The second kappa shape index (κ2) is 4.39. The molecule has 0 aliphatic carbocycles. The molecule has 3 heteroatoms. The average Bonchev–Trinajstić information content (AvgIpc) is 2.23. The van der Waals surface area contributed by atoms with Gasteiger partial charge in [0, 0.05) is 18.7 Å². The number of amides is 1. The van der Waals surface area contributed by atoms with E-state index in [1.807, 2.05) is 36.9 Å². The predicted molar refractivity (Wildman–Crippen MR) is 73.6 cm³/mol. The highest BCUT2D eigenvalue weighted by molar-refractivity contribution is 5.97. The first-order valence-corrected chi connectivity index (χ1v) is 6.49. The van der Waals surface area contributed by atoms with Crippen LogP contribution in [0.15, 0.2) is 18.2 Å². The maximum Gasteiger partial charge on any atom is 0.254 e. The van der Waals surface area contributed by atoms with E-state index in [0.717, 1.165) is 16.7 Å². The monoisotopic (exact) mass is 246 g/mol. The smallest absolute Gasteiger partial charge is 0.254 e. The van der Waals surface area contributed by atoms with Crippen LogP contribution in [0.4, 0.5) is 0 Å². The summed E-state index contributed by atoms with van der Waals surface area (Å²) >= 11 is 0. The van der Waals surface area contributed by atoms with Gasteiger partial charge in [0.15, 0.2) is 0 Å². The van der Waals surface area contributed by atoms with Gasteiger partial charge in [-0.25, -0.2) is 0 Å². The number of nitrogens with two attached hydrogens (primary N) is 1. The SMILES string of the molecule is Cc1cccc(C)c1C(=O)N1CC(N)(C(C)C)C1. The molecule has 2 rings (SSSR count). The van der Waals surface area contributed by atoms with Crippen LogP contribution in [0.2, 0.25) is 0 Å². The van der Waals surface area contributed by atoms with E-state index in [1.54, 1.807) is 0 Å². The van der Waals surface area contributed by atoms with Crippen LogP contribution in [0.1, 0.15) is 35.3 Å². The molecule has 2 N–H and O–H groups in total. The van der Waals surface area contributed by atoms with Gasteiger partial charge < -0.3 is 10.6 Å². The van der Waals surface area contributed by atoms with Crippen molar-refractivity contribution in [3.63, 3.8) is 0 Å². The van der Waals surface area contributed by atoms with Crippen LogP contribution in [0.5, 0.6) is 0 Å². The van der Waals surface area contributed by atoms with Crippen molar-refractivity contribution in [2.75, 3.05) is 13.1 Å². The van der Waals surface area contributed by atoms with Crippen LogP contribution in [-0.4, -0.2) is 29.4 Å². The molecular weight excluding hydrogens is 224 g/mol. The minimum Gasteiger partial charge on any atom is -0.335 e. The summed E-state index contributed by atoms with van der Waals surface area (Å²) in [6.07, 6.45) is 0. The molecule has 1 amide bonds. The minimum atomic E-state index is -0.202. The second-order valence-electron chi connectivity index (χ2n) is 5.82. The van der Waals surface area contributed by atoms with Gasteiger partial charge in [0.25, 0.3) is 5.91 Å². The normalized spacial score (nSPS) is 17.8. The highest BCUT2D eigenvalue weighted by Crippen LogP contribution is 2.28. The molecule has 0 saturated carbocycles. The minimum absolute atomic E-state index is 0.118. The quantitative estimate of drug-likeness (QED) is 0.868. The van der Waals surface area contributed by atoms with Crippen LogP contribution in [0.25, 0.3) is 0 Å². The molecule has 1 aliphatic rings. The number of hydrogen-bond acceptors (Lipinski definition) is 2. The molecule has 1 saturated heterocycles. The first kappa shape index (κ1) is 13.1. The lowest BCUT2D eigenvalue weighted by Gasteiger charge is -2.50. The molecule has 1 aliphatic heterocycles. The first-order chi connectivity index (χ1) is 8.35. The molecule has 0 aromatic heterocycles. The van der Waals surface area contributed by atoms with Gasteiger partial charge in [0.1, 0.15) is 0 Å². The third-order valence-electron chi connectivity index (χ3n) is 4.10. The number of carbonyl (C=O) groups excluding carboxylic acids is 1. The summed E-state index contributed by atoms with van der Waals surface area (Å²) in [7, 11) is 0. The van der Waals surface area contributed by atoms with E-state index in [0.29, 0.717) is 19.0 Å². The Morgan fingerprint density at radius 1 is 1.28 bits per heavy atom. The van der Waals surface area contributed by atoms with E-state index in [2.05, 4.69) is 13.8 Å². The van der Waals surface area contributed by atoms with E-state index in [1.165, 1.54) is 0 Å². The molecule has 0 bridgehead atoms. The Morgan fingerprint density at radius 2 is 1.78 bits per heavy atom. The molecule has 1 aromatic carbocycles. The Bertz CT molecular complexity index is 453. The molecule has 1 heterocycles. The van der Waals surface area contributed by atoms with Gasteiger partial charge in [-0.2, -0.15) is 0 Å². The van der Waals surface area contributed by atoms with Gasteiger partial charge in [0.05, 0.1) is 5.54 Å². The Kier molecular flexibility index (Phi) is 3.20. The largest absolute Gasteiger partial charge is 0.335 e. The van der Waals surface area contributed by atoms with Gasteiger partial charge >= 0.3 is 0 Å². The lowest BCUT2D eigenvalue weighted by molar-refractivity contribution is 0.0273.